The number of nitrogens with zero attached hydrogens (tertiary/aromatic N) is 2. The highest BCUT2D eigenvalue weighted by molar-refractivity contribution is 6.16. The van der Waals surface area contributed by atoms with Gasteiger partial charge in [0, 0.05) is 35.4 Å². The molecule has 0 aliphatic carbocycles. The maximum atomic E-state index is 13.5. The molecule has 0 atom stereocenters. The van der Waals surface area contributed by atoms with Crippen LogP contribution in [0.5, 0.6) is 0 Å². The number of carbonyl (C=O) groups is 1. The number of rotatable bonds is 7. The van der Waals surface area contributed by atoms with Crippen molar-refractivity contribution in [1.82, 2.24) is 4.98 Å². The van der Waals surface area contributed by atoms with Gasteiger partial charge in [0.15, 0.2) is 5.78 Å². The van der Waals surface area contributed by atoms with Gasteiger partial charge < -0.3 is 4.90 Å². The quantitative estimate of drug-likeness (QED) is 0.227. The minimum atomic E-state index is -0.0323. The van der Waals surface area contributed by atoms with Gasteiger partial charge in [-0.05, 0) is 69.2 Å². The summed E-state index contributed by atoms with van der Waals surface area (Å²) in [6.45, 7) is 10.2. The summed E-state index contributed by atoms with van der Waals surface area (Å²) in [4.78, 5) is 20.6. The summed E-state index contributed by atoms with van der Waals surface area (Å²) in [7, 11) is 0. The molecule has 0 radical (unpaired) electrons. The fraction of sp³-hybridized carbons (Fsp3) is 0.200. The zero-order valence-electron chi connectivity index (χ0n) is 19.8. The smallest absolute Gasteiger partial charge is 0.188 e. The highest BCUT2D eigenvalue weighted by Gasteiger charge is 2.19. The Balaban J connectivity index is 1.76. The summed E-state index contributed by atoms with van der Waals surface area (Å²) in [5.74, 6) is -0.0323. The normalized spacial score (nSPS) is 11.3. The molecule has 33 heavy (non-hydrogen) atoms. The molecule has 166 valence electrons. The minimum absolute atomic E-state index is 0.0323. The second-order valence-electron chi connectivity index (χ2n) is 8.30. The monoisotopic (exact) mass is 434 g/mol. The van der Waals surface area contributed by atoms with E-state index in [4.69, 9.17) is 4.98 Å². The fourth-order valence-corrected chi connectivity index (χ4v) is 4.35. The van der Waals surface area contributed by atoms with E-state index in [0.717, 1.165) is 51.9 Å². The lowest BCUT2D eigenvalue weighted by Crippen LogP contribution is -2.21. The number of benzene rings is 3. The zero-order valence-corrected chi connectivity index (χ0v) is 19.8. The third-order valence-corrected chi connectivity index (χ3v) is 6.08. The number of hydrogen-bond donors (Lipinski definition) is 0. The van der Waals surface area contributed by atoms with Gasteiger partial charge in [-0.15, -0.1) is 0 Å². The average molecular weight is 435 g/mol. The molecule has 0 fully saturated rings. The van der Waals surface area contributed by atoms with E-state index < -0.39 is 0 Å². The van der Waals surface area contributed by atoms with Crippen molar-refractivity contribution >= 4 is 28.4 Å². The molecule has 0 spiro atoms. The Morgan fingerprint density at radius 1 is 0.909 bits per heavy atom. The molecule has 0 saturated carbocycles. The Bertz CT molecular complexity index is 1300. The van der Waals surface area contributed by atoms with Crippen LogP contribution in [-0.4, -0.2) is 23.9 Å². The molecule has 4 aromatic rings. The van der Waals surface area contributed by atoms with Crippen molar-refractivity contribution in [3.63, 3.8) is 0 Å². The lowest BCUT2D eigenvalue weighted by molar-refractivity contribution is 0.104. The van der Waals surface area contributed by atoms with Crippen LogP contribution in [0.2, 0.25) is 0 Å². The largest absolute Gasteiger partial charge is 0.372 e. The SMILES string of the molecule is CCN(CC)c1ccc(C=CC(=O)c2c(C)nc3ccc(C)cc3c2-c2ccccc2)cc1. The molecular formula is C30H30N2O. The maximum absolute atomic E-state index is 13.5. The van der Waals surface area contributed by atoms with E-state index in [1.54, 1.807) is 6.08 Å². The van der Waals surface area contributed by atoms with Crippen LogP contribution < -0.4 is 4.90 Å². The Labute approximate surface area is 196 Å². The standard InChI is InChI=1S/C30H30N2O/c1-5-32(6-2)25-16-13-23(14-17-25)15-19-28(33)29-22(4)31-27-18-12-21(3)20-26(27)30(29)24-10-8-7-9-11-24/h7-20H,5-6H2,1-4H3. The van der Waals surface area contributed by atoms with Crippen LogP contribution in [-0.2, 0) is 0 Å². The molecule has 4 rings (SSSR count). The second kappa shape index (κ2) is 9.83. The van der Waals surface area contributed by atoms with Gasteiger partial charge in [-0.3, -0.25) is 9.78 Å². The first-order valence-corrected chi connectivity index (χ1v) is 11.6. The van der Waals surface area contributed by atoms with Gasteiger partial charge in [0.25, 0.3) is 0 Å². The van der Waals surface area contributed by atoms with E-state index in [9.17, 15) is 4.79 Å². The first-order valence-electron chi connectivity index (χ1n) is 11.6. The average Bonchev–Trinajstić information content (AvgIpc) is 2.84. The van der Waals surface area contributed by atoms with E-state index in [0.29, 0.717) is 5.56 Å². The lowest BCUT2D eigenvalue weighted by Gasteiger charge is -2.20. The summed E-state index contributed by atoms with van der Waals surface area (Å²) in [5.41, 5.74) is 7.64. The van der Waals surface area contributed by atoms with Crippen molar-refractivity contribution in [1.29, 1.82) is 0 Å². The number of aromatic nitrogens is 1. The predicted octanol–water partition coefficient (Wildman–Crippen LogP) is 7.26. The number of fused-ring (bicyclic) bond motifs is 1. The Hall–Kier alpha value is -3.72. The minimum Gasteiger partial charge on any atom is -0.372 e. The Morgan fingerprint density at radius 2 is 1.61 bits per heavy atom. The van der Waals surface area contributed by atoms with Crippen LogP contribution in [0.3, 0.4) is 0 Å². The van der Waals surface area contributed by atoms with Gasteiger partial charge in [0.1, 0.15) is 0 Å². The molecule has 3 aromatic carbocycles. The number of hydrogen-bond acceptors (Lipinski definition) is 3. The molecule has 1 aromatic heterocycles. The van der Waals surface area contributed by atoms with Gasteiger partial charge >= 0.3 is 0 Å². The van der Waals surface area contributed by atoms with E-state index >= 15 is 0 Å². The summed E-state index contributed by atoms with van der Waals surface area (Å²) in [6.07, 6.45) is 3.56. The Morgan fingerprint density at radius 3 is 2.27 bits per heavy atom. The number of carbonyl (C=O) groups excluding carboxylic acids is 1. The van der Waals surface area contributed by atoms with E-state index in [1.807, 2.05) is 37.3 Å². The number of ketones is 1. The fourth-order valence-electron chi connectivity index (χ4n) is 4.35. The molecule has 3 nitrogen and oxygen atoms in total. The van der Waals surface area contributed by atoms with Crippen molar-refractivity contribution in [2.75, 3.05) is 18.0 Å². The molecular weight excluding hydrogens is 404 g/mol. The van der Waals surface area contributed by atoms with Crippen molar-refractivity contribution in [2.45, 2.75) is 27.7 Å². The Kier molecular flexibility index (Phi) is 6.69. The first-order chi connectivity index (χ1) is 16.0. The molecule has 0 amide bonds. The molecule has 0 N–H and O–H groups in total. The lowest BCUT2D eigenvalue weighted by atomic mass is 9.91. The first kappa shape index (κ1) is 22.5. The van der Waals surface area contributed by atoms with E-state index in [2.05, 4.69) is 74.2 Å². The van der Waals surface area contributed by atoms with Gasteiger partial charge in [0.05, 0.1) is 11.1 Å². The third kappa shape index (κ3) is 4.73. The summed E-state index contributed by atoms with van der Waals surface area (Å²) >= 11 is 0. The van der Waals surface area contributed by atoms with Crippen LogP contribution in [0.15, 0.2) is 78.9 Å². The van der Waals surface area contributed by atoms with Gasteiger partial charge in [-0.2, -0.15) is 0 Å². The number of anilines is 1. The molecule has 0 saturated heterocycles. The highest BCUT2D eigenvalue weighted by atomic mass is 16.1. The van der Waals surface area contributed by atoms with Gasteiger partial charge in [-0.1, -0.05) is 60.2 Å². The van der Waals surface area contributed by atoms with Crippen molar-refractivity contribution < 1.29 is 4.79 Å². The van der Waals surface area contributed by atoms with Crippen LogP contribution in [0, 0.1) is 13.8 Å². The topological polar surface area (TPSA) is 33.2 Å². The van der Waals surface area contributed by atoms with Crippen molar-refractivity contribution in [3.05, 3.63) is 101 Å². The molecule has 0 aliphatic rings. The van der Waals surface area contributed by atoms with Gasteiger partial charge in [0.2, 0.25) is 0 Å². The number of pyridine rings is 1. The molecule has 3 heteroatoms. The molecule has 0 bridgehead atoms. The zero-order chi connectivity index (χ0) is 23.4. The van der Waals surface area contributed by atoms with E-state index in [1.165, 1.54) is 5.69 Å². The van der Waals surface area contributed by atoms with Gasteiger partial charge in [-0.25, -0.2) is 0 Å². The summed E-state index contributed by atoms with van der Waals surface area (Å²) < 4.78 is 0. The number of aryl methyl sites for hydroxylation is 2. The highest BCUT2D eigenvalue weighted by Crippen LogP contribution is 2.34. The van der Waals surface area contributed by atoms with Crippen molar-refractivity contribution in [2.24, 2.45) is 0 Å². The maximum Gasteiger partial charge on any atom is 0.188 e. The van der Waals surface area contributed by atoms with Crippen LogP contribution in [0.25, 0.3) is 28.1 Å². The molecule has 0 aliphatic heterocycles. The summed E-state index contributed by atoms with van der Waals surface area (Å²) in [6, 6.07) is 24.7. The predicted molar refractivity (Wildman–Crippen MR) is 140 cm³/mol. The number of allylic oxidation sites excluding steroid dienone is 1. The molecule has 1 heterocycles. The summed E-state index contributed by atoms with van der Waals surface area (Å²) in [5, 5.41) is 1.01. The van der Waals surface area contributed by atoms with E-state index in [-0.39, 0.29) is 5.78 Å². The van der Waals surface area contributed by atoms with Crippen molar-refractivity contribution in [3.8, 4) is 11.1 Å². The third-order valence-electron chi connectivity index (χ3n) is 6.08. The molecule has 0 unspecified atom stereocenters. The van der Waals surface area contributed by atoms with Crippen LogP contribution >= 0.6 is 0 Å². The van der Waals surface area contributed by atoms with Crippen LogP contribution in [0.4, 0.5) is 5.69 Å². The second-order valence-corrected chi connectivity index (χ2v) is 8.30. The van der Waals surface area contributed by atoms with Crippen LogP contribution in [0.1, 0.15) is 41.0 Å².